The van der Waals surface area contributed by atoms with Crippen molar-refractivity contribution < 1.29 is 14.7 Å². The third-order valence-corrected chi connectivity index (χ3v) is 2.69. The predicted molar refractivity (Wildman–Crippen MR) is 58.1 cm³/mol. The van der Waals surface area contributed by atoms with E-state index in [1.807, 2.05) is 6.07 Å². The van der Waals surface area contributed by atoms with Gasteiger partial charge in [0.2, 0.25) is 0 Å². The minimum atomic E-state index is -1.02. The van der Waals surface area contributed by atoms with Gasteiger partial charge in [-0.25, -0.2) is 10.3 Å². The number of carboxylic acid groups (broad SMARTS) is 1. The molecule has 0 radical (unpaired) electrons. The van der Waals surface area contributed by atoms with E-state index in [0.29, 0.717) is 5.76 Å². The smallest absolute Gasteiger partial charge is 0.411 e. The number of aromatic nitrogens is 1. The Hall–Kier alpha value is -2.50. The second-order valence-electron chi connectivity index (χ2n) is 3.71. The molecule has 0 saturated heterocycles. The summed E-state index contributed by atoms with van der Waals surface area (Å²) in [5.41, 5.74) is 5.24. The zero-order valence-corrected chi connectivity index (χ0v) is 8.75. The fourth-order valence-corrected chi connectivity index (χ4v) is 1.89. The first kappa shape index (κ1) is 9.71. The summed E-state index contributed by atoms with van der Waals surface area (Å²) in [6.07, 6.45) is 5.49. The second kappa shape index (κ2) is 3.51. The Morgan fingerprint density at radius 3 is 3.29 bits per heavy atom. The molecule has 86 valence electrons. The molecule has 0 spiro atoms. The number of fused-ring (bicyclic) bond motifs is 3. The number of amides is 1. The van der Waals surface area contributed by atoms with Crippen LogP contribution in [0.5, 0.6) is 0 Å². The largest absolute Gasteiger partial charge is 0.465 e. The molecule has 3 heterocycles. The molecule has 0 unspecified atom stereocenters. The Bertz CT molecular complexity index is 551. The Labute approximate surface area is 96.8 Å². The summed E-state index contributed by atoms with van der Waals surface area (Å²) in [5, 5.41) is 9.07. The first-order valence-corrected chi connectivity index (χ1v) is 5.03. The van der Waals surface area contributed by atoms with E-state index >= 15 is 0 Å². The average molecular weight is 231 g/mol. The number of hydrogen-bond donors (Lipinski definition) is 2. The number of hydrogen-bond acceptors (Lipinski definition) is 4. The van der Waals surface area contributed by atoms with E-state index in [1.165, 1.54) is 11.1 Å². The van der Waals surface area contributed by atoms with Gasteiger partial charge in [0.15, 0.2) is 5.76 Å². The molecule has 2 aliphatic heterocycles. The van der Waals surface area contributed by atoms with E-state index in [9.17, 15) is 4.79 Å². The second-order valence-corrected chi connectivity index (χ2v) is 3.71. The zero-order chi connectivity index (χ0) is 11.8. The molecular weight excluding hydrogens is 222 g/mol. The lowest BCUT2D eigenvalue weighted by Crippen LogP contribution is -2.23. The topological polar surface area (TPSA) is 74.7 Å². The van der Waals surface area contributed by atoms with E-state index in [-0.39, 0.29) is 6.54 Å². The minimum Gasteiger partial charge on any atom is -0.465 e. The van der Waals surface area contributed by atoms with Gasteiger partial charge in [0.25, 0.3) is 0 Å². The molecule has 0 fully saturated rings. The molecule has 6 nitrogen and oxygen atoms in total. The van der Waals surface area contributed by atoms with Crippen LogP contribution in [-0.4, -0.2) is 21.1 Å². The molecule has 3 rings (SSSR count). The highest BCUT2D eigenvalue weighted by Gasteiger charge is 2.26. The SMILES string of the molecule is O=C(O)N1C=C2ONC=C2c2ccncc2C1. The van der Waals surface area contributed by atoms with Crippen molar-refractivity contribution >= 4 is 11.7 Å². The van der Waals surface area contributed by atoms with Gasteiger partial charge >= 0.3 is 6.09 Å². The molecule has 6 heteroatoms. The monoisotopic (exact) mass is 231 g/mol. The van der Waals surface area contributed by atoms with Crippen molar-refractivity contribution in [2.24, 2.45) is 0 Å². The number of allylic oxidation sites excluding steroid dienone is 1. The van der Waals surface area contributed by atoms with Crippen molar-refractivity contribution in [2.45, 2.75) is 6.54 Å². The van der Waals surface area contributed by atoms with Crippen LogP contribution in [0.4, 0.5) is 4.79 Å². The first-order chi connectivity index (χ1) is 8.25. The summed E-state index contributed by atoms with van der Waals surface area (Å²) in [6.45, 7) is 0.267. The third kappa shape index (κ3) is 1.50. The molecule has 0 aromatic carbocycles. The summed E-state index contributed by atoms with van der Waals surface area (Å²) in [6, 6.07) is 1.84. The fourth-order valence-electron chi connectivity index (χ4n) is 1.89. The van der Waals surface area contributed by atoms with Crippen molar-refractivity contribution in [1.29, 1.82) is 0 Å². The molecule has 2 aliphatic rings. The first-order valence-electron chi connectivity index (χ1n) is 5.03. The van der Waals surface area contributed by atoms with Crippen molar-refractivity contribution in [3.8, 4) is 0 Å². The predicted octanol–water partition coefficient (Wildman–Crippen LogP) is 1.29. The van der Waals surface area contributed by atoms with Gasteiger partial charge in [-0.3, -0.25) is 9.88 Å². The number of nitrogens with zero attached hydrogens (tertiary/aromatic N) is 2. The standard InChI is InChI=1S/C11H9N3O3/c15-11(16)14-5-7-3-12-2-1-8(7)9-4-13-17-10(9)6-14/h1-4,6,13H,5H2,(H,15,16). The number of nitrogens with one attached hydrogen (secondary N) is 1. The molecule has 0 bridgehead atoms. The van der Waals surface area contributed by atoms with E-state index in [0.717, 1.165) is 16.7 Å². The van der Waals surface area contributed by atoms with Crippen molar-refractivity contribution in [1.82, 2.24) is 15.4 Å². The molecule has 0 aliphatic carbocycles. The molecule has 0 atom stereocenters. The molecule has 1 aromatic heterocycles. The van der Waals surface area contributed by atoms with Crippen molar-refractivity contribution in [3.63, 3.8) is 0 Å². The maximum atomic E-state index is 11.1. The van der Waals surface area contributed by atoms with Crippen LogP contribution in [0.25, 0.3) is 5.57 Å². The van der Waals surface area contributed by atoms with Crippen LogP contribution in [0, 0.1) is 0 Å². The lowest BCUT2D eigenvalue weighted by Gasteiger charge is -2.13. The van der Waals surface area contributed by atoms with Crippen LogP contribution in [-0.2, 0) is 11.4 Å². The highest BCUT2D eigenvalue weighted by molar-refractivity contribution is 5.81. The zero-order valence-electron chi connectivity index (χ0n) is 8.75. The summed E-state index contributed by atoms with van der Waals surface area (Å²) in [7, 11) is 0. The van der Waals surface area contributed by atoms with Gasteiger partial charge in [-0.15, -0.1) is 0 Å². The van der Waals surface area contributed by atoms with E-state index < -0.39 is 6.09 Å². The van der Waals surface area contributed by atoms with Gasteiger partial charge in [-0.1, -0.05) is 0 Å². The molecule has 1 aromatic rings. The van der Waals surface area contributed by atoms with Crippen LogP contribution in [0.15, 0.2) is 36.6 Å². The van der Waals surface area contributed by atoms with E-state index in [2.05, 4.69) is 10.5 Å². The Kier molecular flexibility index (Phi) is 2.01. The Morgan fingerprint density at radius 2 is 2.47 bits per heavy atom. The molecular formula is C11H9N3O3. The van der Waals surface area contributed by atoms with Gasteiger partial charge in [0, 0.05) is 24.2 Å². The quantitative estimate of drug-likeness (QED) is 0.703. The molecule has 2 N–H and O–H groups in total. The Balaban J connectivity index is 2.16. The summed E-state index contributed by atoms with van der Waals surface area (Å²) in [5.74, 6) is 0.498. The lowest BCUT2D eigenvalue weighted by molar-refractivity contribution is 0.148. The van der Waals surface area contributed by atoms with Gasteiger partial charge < -0.3 is 9.94 Å². The average Bonchev–Trinajstić information content (AvgIpc) is 2.71. The summed E-state index contributed by atoms with van der Waals surface area (Å²) in [4.78, 5) is 21.4. The van der Waals surface area contributed by atoms with Crippen LogP contribution in [0.3, 0.4) is 0 Å². The summed E-state index contributed by atoms with van der Waals surface area (Å²) < 4.78 is 0. The van der Waals surface area contributed by atoms with Gasteiger partial charge in [0.05, 0.1) is 12.7 Å². The van der Waals surface area contributed by atoms with Crippen molar-refractivity contribution in [3.05, 3.63) is 47.7 Å². The Morgan fingerprint density at radius 1 is 1.59 bits per heavy atom. The van der Waals surface area contributed by atoms with Crippen molar-refractivity contribution in [2.75, 3.05) is 0 Å². The maximum Gasteiger partial charge on any atom is 0.411 e. The fraction of sp³-hybridized carbons (Fsp3) is 0.0909. The number of pyridine rings is 1. The maximum absolute atomic E-state index is 11.1. The lowest BCUT2D eigenvalue weighted by atomic mass is 10.0. The van der Waals surface area contributed by atoms with Gasteiger partial charge in [-0.05, 0) is 17.2 Å². The van der Waals surface area contributed by atoms with Crippen LogP contribution in [0.1, 0.15) is 11.1 Å². The number of rotatable bonds is 0. The van der Waals surface area contributed by atoms with Crippen LogP contribution < -0.4 is 5.48 Å². The normalized spacial score (nSPS) is 16.8. The van der Waals surface area contributed by atoms with E-state index in [1.54, 1.807) is 18.6 Å². The van der Waals surface area contributed by atoms with Crippen LogP contribution >= 0.6 is 0 Å². The molecule has 0 saturated carbocycles. The van der Waals surface area contributed by atoms with E-state index in [4.69, 9.17) is 9.94 Å². The molecule has 17 heavy (non-hydrogen) atoms. The molecule has 1 amide bonds. The van der Waals surface area contributed by atoms with Gasteiger partial charge in [-0.2, -0.15) is 0 Å². The van der Waals surface area contributed by atoms with Crippen LogP contribution in [0.2, 0.25) is 0 Å². The third-order valence-electron chi connectivity index (χ3n) is 2.69. The number of carbonyl (C=O) groups is 1. The van der Waals surface area contributed by atoms with Gasteiger partial charge in [0.1, 0.15) is 0 Å². The minimum absolute atomic E-state index is 0.267. The highest BCUT2D eigenvalue weighted by Crippen LogP contribution is 2.32. The highest BCUT2D eigenvalue weighted by atomic mass is 16.7. The number of hydroxylamine groups is 1. The summed E-state index contributed by atoms with van der Waals surface area (Å²) >= 11 is 0.